The fourth-order valence-corrected chi connectivity index (χ4v) is 4.64. The van der Waals surface area contributed by atoms with Crippen molar-refractivity contribution in [1.82, 2.24) is 14.8 Å². The van der Waals surface area contributed by atoms with Crippen LogP contribution in [0.15, 0.2) is 24.5 Å². The molecule has 3 heterocycles. The lowest BCUT2D eigenvalue weighted by molar-refractivity contribution is -0.135. The van der Waals surface area contributed by atoms with Crippen LogP contribution in [-0.2, 0) is 16.0 Å². The molecule has 1 N–H and O–H groups in total. The molecule has 2 aliphatic rings. The molecular formula is C20H29N3O3. The molecule has 0 aliphatic carbocycles. The van der Waals surface area contributed by atoms with Gasteiger partial charge in [-0.15, -0.1) is 0 Å². The van der Waals surface area contributed by atoms with Gasteiger partial charge >= 0.3 is 0 Å². The Hall–Kier alpha value is -1.95. The molecule has 0 aromatic carbocycles. The number of likely N-dealkylation sites (tertiary alicyclic amines) is 2. The van der Waals surface area contributed by atoms with Crippen LogP contribution < -0.4 is 0 Å². The third kappa shape index (κ3) is 3.75. The lowest BCUT2D eigenvalue weighted by Crippen LogP contribution is -2.46. The van der Waals surface area contributed by atoms with Crippen molar-refractivity contribution in [1.29, 1.82) is 0 Å². The van der Waals surface area contributed by atoms with E-state index in [-0.39, 0.29) is 23.8 Å². The Labute approximate surface area is 155 Å². The minimum absolute atomic E-state index is 0.0118. The van der Waals surface area contributed by atoms with E-state index >= 15 is 0 Å². The van der Waals surface area contributed by atoms with Gasteiger partial charge < -0.3 is 14.9 Å². The first kappa shape index (κ1) is 18.8. The minimum Gasteiger partial charge on any atom is -0.394 e. The van der Waals surface area contributed by atoms with Gasteiger partial charge in [0.25, 0.3) is 0 Å². The first-order chi connectivity index (χ1) is 12.4. The molecule has 2 saturated heterocycles. The zero-order chi connectivity index (χ0) is 18.8. The second kappa shape index (κ2) is 7.35. The van der Waals surface area contributed by atoms with Crippen molar-refractivity contribution in [3.63, 3.8) is 0 Å². The Morgan fingerprint density at radius 2 is 2.04 bits per heavy atom. The van der Waals surface area contributed by atoms with Gasteiger partial charge in [-0.2, -0.15) is 0 Å². The zero-order valence-electron chi connectivity index (χ0n) is 15.8. The van der Waals surface area contributed by atoms with Gasteiger partial charge in [-0.05, 0) is 49.7 Å². The van der Waals surface area contributed by atoms with Crippen LogP contribution in [0.5, 0.6) is 0 Å². The van der Waals surface area contributed by atoms with Gasteiger partial charge in [-0.25, -0.2) is 0 Å². The van der Waals surface area contributed by atoms with E-state index in [4.69, 9.17) is 0 Å². The Morgan fingerprint density at radius 3 is 2.58 bits per heavy atom. The number of aromatic nitrogens is 1. The number of aliphatic hydroxyl groups is 1. The molecule has 0 saturated carbocycles. The number of aryl methyl sites for hydroxylation is 1. The molecule has 1 unspecified atom stereocenters. The van der Waals surface area contributed by atoms with E-state index < -0.39 is 5.54 Å². The van der Waals surface area contributed by atoms with Crippen LogP contribution in [0.25, 0.3) is 0 Å². The van der Waals surface area contributed by atoms with Gasteiger partial charge in [0.1, 0.15) is 0 Å². The second-order valence-electron chi connectivity index (χ2n) is 8.18. The molecule has 26 heavy (non-hydrogen) atoms. The Bertz CT molecular complexity index is 656. The van der Waals surface area contributed by atoms with Crippen LogP contribution in [0.4, 0.5) is 0 Å². The van der Waals surface area contributed by atoms with Crippen molar-refractivity contribution in [2.45, 2.75) is 51.5 Å². The molecule has 2 fully saturated rings. The molecular weight excluding hydrogens is 330 g/mol. The van der Waals surface area contributed by atoms with E-state index in [1.165, 1.54) is 0 Å². The molecule has 6 heteroatoms. The van der Waals surface area contributed by atoms with Crippen molar-refractivity contribution < 1.29 is 14.7 Å². The highest BCUT2D eigenvalue weighted by atomic mass is 16.3. The summed E-state index contributed by atoms with van der Waals surface area (Å²) in [5.41, 5.74) is 0.641. The number of pyridine rings is 1. The fourth-order valence-electron chi connectivity index (χ4n) is 4.64. The zero-order valence-corrected chi connectivity index (χ0v) is 15.8. The lowest BCUT2D eigenvalue weighted by atomic mass is 9.74. The first-order valence-corrected chi connectivity index (χ1v) is 9.43. The summed E-state index contributed by atoms with van der Waals surface area (Å²) in [6.45, 7) is 5.69. The molecule has 6 nitrogen and oxygen atoms in total. The summed E-state index contributed by atoms with van der Waals surface area (Å²) in [6, 6.07) is 3.89. The van der Waals surface area contributed by atoms with Crippen LogP contribution in [0, 0.1) is 5.41 Å². The van der Waals surface area contributed by atoms with Gasteiger partial charge in [-0.1, -0.05) is 6.07 Å². The third-order valence-electron chi connectivity index (χ3n) is 6.15. The van der Waals surface area contributed by atoms with Crippen LogP contribution in [0.1, 0.15) is 45.1 Å². The molecule has 2 aliphatic heterocycles. The van der Waals surface area contributed by atoms with E-state index in [0.717, 1.165) is 44.3 Å². The molecule has 142 valence electrons. The summed E-state index contributed by atoms with van der Waals surface area (Å²) in [5.74, 6) is 0.212. The molecule has 1 aromatic heterocycles. The maximum Gasteiger partial charge on any atom is 0.222 e. The van der Waals surface area contributed by atoms with Crippen molar-refractivity contribution >= 4 is 11.8 Å². The highest BCUT2D eigenvalue weighted by Gasteiger charge is 2.52. The second-order valence-corrected chi connectivity index (χ2v) is 8.18. The number of carbonyl (C=O) groups excluding carboxylic acids is 2. The number of carbonyl (C=O) groups is 2. The predicted molar refractivity (Wildman–Crippen MR) is 98.3 cm³/mol. The van der Waals surface area contributed by atoms with Gasteiger partial charge in [0.2, 0.25) is 11.8 Å². The average molecular weight is 359 g/mol. The summed E-state index contributed by atoms with van der Waals surface area (Å²) < 4.78 is 0. The van der Waals surface area contributed by atoms with Gasteiger partial charge in [-0.3, -0.25) is 14.6 Å². The van der Waals surface area contributed by atoms with Crippen molar-refractivity contribution in [3.05, 3.63) is 30.1 Å². The largest absolute Gasteiger partial charge is 0.394 e. The SMILES string of the molecule is CC(=O)N1CC2(CCN(C(=O)CCc3cccnc3)CC2)CC1(C)CO. The van der Waals surface area contributed by atoms with E-state index in [1.807, 2.05) is 35.1 Å². The quantitative estimate of drug-likeness (QED) is 0.887. The van der Waals surface area contributed by atoms with Crippen LogP contribution in [-0.4, -0.2) is 63.5 Å². The number of nitrogens with zero attached hydrogens (tertiary/aromatic N) is 3. The monoisotopic (exact) mass is 359 g/mol. The van der Waals surface area contributed by atoms with E-state index in [0.29, 0.717) is 13.0 Å². The average Bonchev–Trinajstić information content (AvgIpc) is 2.94. The number of rotatable bonds is 4. The minimum atomic E-state index is -0.474. The summed E-state index contributed by atoms with van der Waals surface area (Å²) in [5, 5.41) is 9.81. The third-order valence-corrected chi connectivity index (χ3v) is 6.15. The van der Waals surface area contributed by atoms with Gasteiger partial charge in [0.15, 0.2) is 0 Å². The van der Waals surface area contributed by atoms with Crippen LogP contribution in [0.3, 0.4) is 0 Å². The molecule has 0 bridgehead atoms. The van der Waals surface area contributed by atoms with Crippen LogP contribution in [0.2, 0.25) is 0 Å². The summed E-state index contributed by atoms with van der Waals surface area (Å²) in [6.07, 6.45) is 7.37. The highest BCUT2D eigenvalue weighted by Crippen LogP contribution is 2.48. The van der Waals surface area contributed by atoms with E-state index in [9.17, 15) is 14.7 Å². The topological polar surface area (TPSA) is 73.7 Å². The first-order valence-electron chi connectivity index (χ1n) is 9.43. The Kier molecular flexibility index (Phi) is 5.32. The maximum absolute atomic E-state index is 12.5. The number of piperidine rings is 1. The summed E-state index contributed by atoms with van der Waals surface area (Å²) in [7, 11) is 0. The molecule has 1 aromatic rings. The van der Waals surface area contributed by atoms with Crippen molar-refractivity contribution in [3.8, 4) is 0 Å². The number of hydrogen-bond donors (Lipinski definition) is 1. The Morgan fingerprint density at radius 1 is 1.31 bits per heavy atom. The summed E-state index contributed by atoms with van der Waals surface area (Å²) in [4.78, 5) is 32.4. The normalized spacial score (nSPS) is 24.9. The molecule has 1 spiro atoms. The number of amides is 2. The molecule has 2 amide bonds. The fraction of sp³-hybridized carbons (Fsp3) is 0.650. The smallest absolute Gasteiger partial charge is 0.222 e. The number of aliphatic hydroxyl groups excluding tert-OH is 1. The van der Waals surface area contributed by atoms with E-state index in [1.54, 1.807) is 13.1 Å². The molecule has 3 rings (SSSR count). The lowest BCUT2D eigenvalue weighted by Gasteiger charge is -2.39. The van der Waals surface area contributed by atoms with Gasteiger partial charge in [0.05, 0.1) is 12.1 Å². The standard InChI is InChI=1S/C20H29N3O3/c1-16(25)23-14-20(13-19(23,2)15-24)7-10-22(11-8-20)18(26)6-5-17-4-3-9-21-12-17/h3-4,9,12,24H,5-8,10-11,13-15H2,1-2H3. The molecule has 0 radical (unpaired) electrons. The summed E-state index contributed by atoms with van der Waals surface area (Å²) >= 11 is 0. The highest BCUT2D eigenvalue weighted by molar-refractivity contribution is 5.77. The van der Waals surface area contributed by atoms with Crippen molar-refractivity contribution in [2.24, 2.45) is 5.41 Å². The Balaban J connectivity index is 1.55. The molecule has 1 atom stereocenters. The van der Waals surface area contributed by atoms with Gasteiger partial charge in [0, 0.05) is 45.4 Å². The van der Waals surface area contributed by atoms with Crippen LogP contribution >= 0.6 is 0 Å². The van der Waals surface area contributed by atoms with Crippen molar-refractivity contribution in [2.75, 3.05) is 26.2 Å². The maximum atomic E-state index is 12.5. The number of hydrogen-bond acceptors (Lipinski definition) is 4. The van der Waals surface area contributed by atoms with E-state index in [2.05, 4.69) is 4.98 Å². The predicted octanol–water partition coefficient (Wildman–Crippen LogP) is 1.63.